The van der Waals surface area contributed by atoms with Crippen LogP contribution < -0.4 is 47.3 Å². The van der Waals surface area contributed by atoms with Crippen LogP contribution in [-0.2, 0) is 0 Å². The van der Waals surface area contributed by atoms with Crippen molar-refractivity contribution in [3.8, 4) is 11.5 Å². The molecule has 7 aromatic rings. The van der Waals surface area contributed by atoms with Crippen LogP contribution in [0.25, 0.3) is 0 Å². The normalized spacial score (nSPS) is 13.5. The molecule has 0 amide bonds. The fourth-order valence-electron chi connectivity index (χ4n) is 8.11. The molecule has 0 aliphatic carbocycles. The van der Waals surface area contributed by atoms with E-state index in [2.05, 4.69) is 180 Å². The lowest BCUT2D eigenvalue weighted by molar-refractivity contribution is 0.478. The maximum Gasteiger partial charge on any atom is 0.245 e. The van der Waals surface area contributed by atoms with Crippen molar-refractivity contribution in [2.75, 3.05) is 9.80 Å². The summed E-state index contributed by atoms with van der Waals surface area (Å²) in [6.07, 6.45) is 0. The van der Waals surface area contributed by atoms with Crippen molar-refractivity contribution < 1.29 is 4.74 Å². The monoisotopic (exact) mass is 598 g/mol. The highest BCUT2D eigenvalue weighted by atomic mass is 16.5. The van der Waals surface area contributed by atoms with Crippen LogP contribution in [0.1, 0.15) is 0 Å². The molecule has 5 heteroatoms. The lowest BCUT2D eigenvalue weighted by atomic mass is 9.20. The third kappa shape index (κ3) is 3.83. The predicted molar refractivity (Wildman–Crippen MR) is 198 cm³/mol. The van der Waals surface area contributed by atoms with Crippen molar-refractivity contribution in [1.82, 2.24) is 0 Å². The van der Waals surface area contributed by atoms with E-state index < -0.39 is 0 Å². The van der Waals surface area contributed by atoms with Gasteiger partial charge in [-0.15, -0.1) is 0 Å². The molecule has 10 rings (SSSR count). The third-order valence-electron chi connectivity index (χ3n) is 9.96. The molecule has 0 saturated heterocycles. The number of rotatable bonds is 3. The summed E-state index contributed by atoms with van der Waals surface area (Å²) >= 11 is 0. The maximum absolute atomic E-state index is 7.11. The predicted octanol–water partition coefficient (Wildman–Crippen LogP) is 6.39. The Kier molecular flexibility index (Phi) is 5.76. The molecule has 0 unspecified atom stereocenters. The summed E-state index contributed by atoms with van der Waals surface area (Å²) < 4.78 is 7.11. The van der Waals surface area contributed by atoms with Gasteiger partial charge in [0.25, 0.3) is 0 Å². The smallest absolute Gasteiger partial charge is 0.245 e. The number of benzene rings is 7. The molecule has 3 nitrogen and oxygen atoms in total. The fraction of sp³-hybridized carbons (Fsp3) is 0. The Morgan fingerprint density at radius 2 is 0.936 bits per heavy atom. The Balaban J connectivity index is 1.38. The van der Waals surface area contributed by atoms with Crippen LogP contribution in [0.5, 0.6) is 11.5 Å². The number of para-hydroxylation sites is 5. The molecule has 0 fully saturated rings. The van der Waals surface area contributed by atoms with Gasteiger partial charge in [-0.25, -0.2) is 0 Å². The first-order valence-corrected chi connectivity index (χ1v) is 16.3. The van der Waals surface area contributed by atoms with E-state index in [1.165, 1.54) is 38.5 Å². The summed E-state index contributed by atoms with van der Waals surface area (Å²) in [6, 6.07) is 61.2. The molecule has 0 bridgehead atoms. The molecular weight excluding hydrogens is 570 g/mol. The summed E-state index contributed by atoms with van der Waals surface area (Å²) in [5.41, 5.74) is 14.5. The van der Waals surface area contributed by atoms with E-state index in [4.69, 9.17) is 4.74 Å². The van der Waals surface area contributed by atoms with Gasteiger partial charge < -0.3 is 14.5 Å². The number of nitrogens with zero attached hydrogens (tertiary/aromatic N) is 2. The minimum Gasteiger partial charge on any atom is -0.451 e. The molecule has 3 aliphatic rings. The van der Waals surface area contributed by atoms with Crippen molar-refractivity contribution in [3.63, 3.8) is 0 Å². The van der Waals surface area contributed by atoms with Gasteiger partial charge in [0.1, 0.15) is 0 Å². The fourth-order valence-corrected chi connectivity index (χ4v) is 8.11. The average Bonchev–Trinajstić information content (AvgIpc) is 3.15. The molecule has 0 atom stereocenters. The molecule has 218 valence electrons. The quantitative estimate of drug-likeness (QED) is 0.220. The van der Waals surface area contributed by atoms with Crippen LogP contribution in [0, 0.1) is 0 Å². The van der Waals surface area contributed by atoms with Crippen molar-refractivity contribution in [2.45, 2.75) is 0 Å². The molecule has 7 aromatic carbocycles. The summed E-state index contributed by atoms with van der Waals surface area (Å²) in [7, 11) is 0. The highest BCUT2D eigenvalue weighted by Crippen LogP contribution is 2.55. The zero-order valence-electron chi connectivity index (χ0n) is 25.6. The molecule has 0 aromatic heterocycles. The van der Waals surface area contributed by atoms with E-state index in [0.29, 0.717) is 0 Å². The first-order valence-electron chi connectivity index (χ1n) is 16.3. The number of hydrogen-bond donors (Lipinski definition) is 0. The molecule has 3 aliphatic heterocycles. The Morgan fingerprint density at radius 3 is 1.64 bits per heavy atom. The first kappa shape index (κ1) is 26.3. The second-order valence-corrected chi connectivity index (χ2v) is 12.5. The molecular formula is C42H28B2N2O. The number of fused-ring (bicyclic) bond motifs is 7. The van der Waals surface area contributed by atoms with Gasteiger partial charge in [0, 0.05) is 17.1 Å². The van der Waals surface area contributed by atoms with Gasteiger partial charge in [0.2, 0.25) is 13.4 Å². The molecule has 0 N–H and O–H groups in total. The van der Waals surface area contributed by atoms with Crippen molar-refractivity contribution >= 4 is 80.3 Å². The van der Waals surface area contributed by atoms with Crippen molar-refractivity contribution in [1.29, 1.82) is 0 Å². The van der Waals surface area contributed by atoms with Gasteiger partial charge in [-0.3, -0.25) is 0 Å². The van der Waals surface area contributed by atoms with E-state index >= 15 is 0 Å². The van der Waals surface area contributed by atoms with Crippen LogP contribution in [-0.4, -0.2) is 13.4 Å². The summed E-state index contributed by atoms with van der Waals surface area (Å²) in [6.45, 7) is 0.115. The zero-order chi connectivity index (χ0) is 30.9. The van der Waals surface area contributed by atoms with Crippen LogP contribution >= 0.6 is 0 Å². The van der Waals surface area contributed by atoms with Gasteiger partial charge in [-0.05, 0) is 59.5 Å². The Labute approximate surface area is 275 Å². The Morgan fingerprint density at radius 1 is 0.404 bits per heavy atom. The highest BCUT2D eigenvalue weighted by Gasteiger charge is 2.47. The summed E-state index contributed by atoms with van der Waals surface area (Å²) in [5, 5.41) is 0. The van der Waals surface area contributed by atoms with Gasteiger partial charge >= 0.3 is 0 Å². The van der Waals surface area contributed by atoms with E-state index in [0.717, 1.165) is 39.9 Å². The summed E-state index contributed by atoms with van der Waals surface area (Å²) in [4.78, 5) is 4.82. The van der Waals surface area contributed by atoms with Crippen molar-refractivity contribution in [3.05, 3.63) is 170 Å². The highest BCUT2D eigenvalue weighted by molar-refractivity contribution is 7.12. The minimum atomic E-state index is 0.0559. The van der Waals surface area contributed by atoms with Gasteiger partial charge in [0.05, 0.1) is 17.1 Å². The van der Waals surface area contributed by atoms with Gasteiger partial charge in [-0.2, -0.15) is 0 Å². The van der Waals surface area contributed by atoms with Crippen LogP contribution in [0.3, 0.4) is 0 Å². The van der Waals surface area contributed by atoms with Crippen molar-refractivity contribution in [2.24, 2.45) is 0 Å². The van der Waals surface area contributed by atoms with Gasteiger partial charge in [0.15, 0.2) is 11.5 Å². The topological polar surface area (TPSA) is 15.7 Å². The largest absolute Gasteiger partial charge is 0.451 e. The second kappa shape index (κ2) is 10.3. The van der Waals surface area contributed by atoms with E-state index in [9.17, 15) is 0 Å². The van der Waals surface area contributed by atoms with Crippen LogP contribution in [0.4, 0.5) is 34.1 Å². The third-order valence-corrected chi connectivity index (χ3v) is 9.96. The maximum atomic E-state index is 7.11. The molecule has 0 radical (unpaired) electrons. The van der Waals surface area contributed by atoms with E-state index in [1.54, 1.807) is 0 Å². The molecule has 0 saturated carbocycles. The molecule has 3 heterocycles. The SMILES string of the molecule is c1ccc(B2c3ccccc3B3c4ccccc4N(c4ccccc4)c4c5c(cc2c43)N(c2ccccc2)c2ccccc2O5)cc1. The molecule has 47 heavy (non-hydrogen) atoms. The van der Waals surface area contributed by atoms with E-state index in [1.807, 2.05) is 0 Å². The lowest BCUT2D eigenvalue weighted by Crippen LogP contribution is -2.76. The second-order valence-electron chi connectivity index (χ2n) is 12.5. The van der Waals surface area contributed by atoms with Crippen LogP contribution in [0.2, 0.25) is 0 Å². The number of anilines is 6. The average molecular weight is 598 g/mol. The zero-order valence-corrected chi connectivity index (χ0v) is 25.6. The summed E-state index contributed by atoms with van der Waals surface area (Å²) in [5.74, 6) is 1.72. The molecule has 0 spiro atoms. The minimum absolute atomic E-state index is 0.0559. The standard InChI is InChI=1S/C42H28B2N2O/c1-4-16-29(17-5-1)43-32-22-10-11-23-33(32)44-34-24-12-13-25-36(34)46(31-20-8-3-9-21-31)41-40(44)35(43)28-38-42(41)47-39-27-15-14-26-37(39)45(38)30-18-6-2-7-19-30/h1-28H. The first-order chi connectivity index (χ1) is 23.4. The van der Waals surface area contributed by atoms with E-state index in [-0.39, 0.29) is 13.4 Å². The van der Waals surface area contributed by atoms with Gasteiger partial charge in [-0.1, -0.05) is 143 Å². The Hall–Kier alpha value is -5.93. The van der Waals surface area contributed by atoms with Crippen LogP contribution in [0.15, 0.2) is 170 Å². The lowest BCUT2D eigenvalue weighted by Gasteiger charge is -2.45. The number of ether oxygens (including phenoxy) is 1. The Bertz CT molecular complexity index is 2300. The number of hydrogen-bond acceptors (Lipinski definition) is 3.